The predicted molar refractivity (Wildman–Crippen MR) is 115 cm³/mol. The van der Waals surface area contributed by atoms with Crippen molar-refractivity contribution in [2.45, 2.75) is 13.5 Å². The van der Waals surface area contributed by atoms with Gasteiger partial charge in [-0.1, -0.05) is 42.5 Å². The maximum atomic E-state index is 12.4. The molecule has 0 unspecified atom stereocenters. The molecule has 6 nitrogen and oxygen atoms in total. The number of nitrogens with zero attached hydrogens (tertiary/aromatic N) is 4. The zero-order chi connectivity index (χ0) is 20.1. The van der Waals surface area contributed by atoms with E-state index >= 15 is 0 Å². The van der Waals surface area contributed by atoms with Crippen LogP contribution in [0.25, 0.3) is 0 Å². The smallest absolute Gasteiger partial charge is 0.272 e. The van der Waals surface area contributed by atoms with Crippen LogP contribution in [0.4, 0.5) is 11.5 Å². The van der Waals surface area contributed by atoms with E-state index in [2.05, 4.69) is 49.6 Å². The minimum Gasteiger partial charge on any atom is -0.368 e. The van der Waals surface area contributed by atoms with Crippen molar-refractivity contribution in [1.29, 1.82) is 0 Å². The Bertz CT molecular complexity index is 951. The predicted octanol–water partition coefficient (Wildman–Crippen LogP) is 3.04. The summed E-state index contributed by atoms with van der Waals surface area (Å²) < 4.78 is 0. The number of aromatic nitrogens is 2. The Hall–Kier alpha value is -3.41. The van der Waals surface area contributed by atoms with Crippen LogP contribution < -0.4 is 15.1 Å². The molecule has 0 saturated carbocycles. The summed E-state index contributed by atoms with van der Waals surface area (Å²) in [7, 11) is 0. The molecule has 0 radical (unpaired) electrons. The van der Waals surface area contributed by atoms with Crippen molar-refractivity contribution in [1.82, 2.24) is 15.5 Å². The molecule has 2 aromatic carbocycles. The molecule has 1 aromatic heterocycles. The van der Waals surface area contributed by atoms with Gasteiger partial charge in [-0.2, -0.15) is 0 Å². The first-order valence-corrected chi connectivity index (χ1v) is 9.92. The van der Waals surface area contributed by atoms with Gasteiger partial charge in [0.25, 0.3) is 5.91 Å². The highest BCUT2D eigenvalue weighted by Gasteiger charge is 2.19. The van der Waals surface area contributed by atoms with Crippen molar-refractivity contribution >= 4 is 17.4 Å². The average molecular weight is 387 g/mol. The zero-order valence-electron chi connectivity index (χ0n) is 16.6. The number of rotatable bonds is 5. The summed E-state index contributed by atoms with van der Waals surface area (Å²) in [6.45, 7) is 6.14. The van der Waals surface area contributed by atoms with Gasteiger partial charge < -0.3 is 15.1 Å². The number of piperazine rings is 1. The fourth-order valence-corrected chi connectivity index (χ4v) is 3.52. The van der Waals surface area contributed by atoms with Crippen LogP contribution in [-0.4, -0.2) is 42.3 Å². The summed E-state index contributed by atoms with van der Waals surface area (Å²) in [5, 5.41) is 11.4. The Morgan fingerprint density at radius 1 is 0.862 bits per heavy atom. The molecular weight excluding hydrogens is 362 g/mol. The molecule has 4 rings (SSSR count). The number of hydrogen-bond donors (Lipinski definition) is 1. The number of amides is 1. The molecule has 148 valence electrons. The van der Waals surface area contributed by atoms with Crippen molar-refractivity contribution in [2.75, 3.05) is 36.0 Å². The average Bonchev–Trinajstić information content (AvgIpc) is 2.79. The molecule has 1 fully saturated rings. The van der Waals surface area contributed by atoms with Crippen LogP contribution >= 0.6 is 0 Å². The van der Waals surface area contributed by atoms with Crippen molar-refractivity contribution in [3.05, 3.63) is 83.6 Å². The van der Waals surface area contributed by atoms with Gasteiger partial charge in [0, 0.05) is 38.4 Å². The summed E-state index contributed by atoms with van der Waals surface area (Å²) in [5.41, 5.74) is 3.84. The molecule has 1 aliphatic heterocycles. The minimum absolute atomic E-state index is 0.207. The number of carbonyl (C=O) groups is 1. The molecule has 0 bridgehead atoms. The summed E-state index contributed by atoms with van der Waals surface area (Å²) >= 11 is 0. The molecule has 0 spiro atoms. The van der Waals surface area contributed by atoms with Crippen LogP contribution in [0.1, 0.15) is 21.6 Å². The number of carbonyl (C=O) groups excluding carboxylic acids is 1. The Labute approximate surface area is 171 Å². The van der Waals surface area contributed by atoms with E-state index in [-0.39, 0.29) is 5.91 Å². The highest BCUT2D eigenvalue weighted by molar-refractivity contribution is 5.92. The van der Waals surface area contributed by atoms with Gasteiger partial charge in [0.15, 0.2) is 11.5 Å². The van der Waals surface area contributed by atoms with Crippen molar-refractivity contribution in [3.8, 4) is 0 Å². The first kappa shape index (κ1) is 18.9. The minimum atomic E-state index is -0.207. The van der Waals surface area contributed by atoms with E-state index in [0.29, 0.717) is 12.2 Å². The zero-order valence-corrected chi connectivity index (χ0v) is 16.6. The van der Waals surface area contributed by atoms with E-state index in [1.165, 1.54) is 5.69 Å². The Balaban J connectivity index is 1.32. The second-order valence-electron chi connectivity index (χ2n) is 7.20. The standard InChI is InChI=1S/C23H25N5O/c1-18-7-5-6-8-19(18)17-24-23(29)21-11-12-22(26-25-21)28-15-13-27(14-16-28)20-9-3-2-4-10-20/h2-12H,13-17H2,1H3,(H,24,29). The van der Waals surface area contributed by atoms with Gasteiger partial charge in [-0.15, -0.1) is 10.2 Å². The quantitative estimate of drug-likeness (QED) is 0.729. The molecule has 29 heavy (non-hydrogen) atoms. The number of para-hydroxylation sites is 1. The van der Waals surface area contributed by atoms with E-state index in [0.717, 1.165) is 43.1 Å². The summed E-state index contributed by atoms with van der Waals surface area (Å²) in [5.74, 6) is 0.606. The molecule has 1 saturated heterocycles. The van der Waals surface area contributed by atoms with Crippen LogP contribution in [-0.2, 0) is 6.54 Å². The molecule has 3 aromatic rings. The molecular formula is C23H25N5O. The van der Waals surface area contributed by atoms with E-state index < -0.39 is 0 Å². The van der Waals surface area contributed by atoms with Gasteiger partial charge in [0.1, 0.15) is 0 Å². The lowest BCUT2D eigenvalue weighted by molar-refractivity contribution is 0.0945. The number of hydrogen-bond acceptors (Lipinski definition) is 5. The molecule has 6 heteroatoms. The van der Waals surface area contributed by atoms with Gasteiger partial charge in [0.2, 0.25) is 0 Å². The Morgan fingerprint density at radius 3 is 2.24 bits per heavy atom. The molecule has 1 N–H and O–H groups in total. The summed E-state index contributed by atoms with van der Waals surface area (Å²) in [6, 6.07) is 22.1. The van der Waals surface area contributed by atoms with Crippen LogP contribution in [0, 0.1) is 6.92 Å². The van der Waals surface area contributed by atoms with E-state index in [1.54, 1.807) is 6.07 Å². The second kappa shape index (κ2) is 8.73. The van der Waals surface area contributed by atoms with E-state index in [1.807, 2.05) is 43.3 Å². The third-order valence-corrected chi connectivity index (χ3v) is 5.31. The highest BCUT2D eigenvalue weighted by Crippen LogP contribution is 2.18. The summed E-state index contributed by atoms with van der Waals surface area (Å²) in [6.07, 6.45) is 0. The first-order chi connectivity index (χ1) is 14.2. The lowest BCUT2D eigenvalue weighted by atomic mass is 10.1. The second-order valence-corrected chi connectivity index (χ2v) is 7.20. The van der Waals surface area contributed by atoms with Crippen LogP contribution in [0.3, 0.4) is 0 Å². The number of anilines is 2. The van der Waals surface area contributed by atoms with Crippen molar-refractivity contribution in [3.63, 3.8) is 0 Å². The third-order valence-electron chi connectivity index (χ3n) is 5.31. The molecule has 0 atom stereocenters. The van der Waals surface area contributed by atoms with E-state index in [4.69, 9.17) is 0 Å². The van der Waals surface area contributed by atoms with Crippen LogP contribution in [0.5, 0.6) is 0 Å². The normalized spacial score (nSPS) is 14.0. The SMILES string of the molecule is Cc1ccccc1CNC(=O)c1ccc(N2CCN(c3ccccc3)CC2)nn1. The van der Waals surface area contributed by atoms with Gasteiger partial charge in [-0.3, -0.25) is 4.79 Å². The lowest BCUT2D eigenvalue weighted by Crippen LogP contribution is -2.46. The van der Waals surface area contributed by atoms with Gasteiger partial charge >= 0.3 is 0 Å². The Kier molecular flexibility index (Phi) is 5.70. The largest absolute Gasteiger partial charge is 0.368 e. The highest BCUT2D eigenvalue weighted by atomic mass is 16.1. The Morgan fingerprint density at radius 2 is 1.55 bits per heavy atom. The van der Waals surface area contributed by atoms with Gasteiger partial charge in [-0.25, -0.2) is 0 Å². The number of aryl methyl sites for hydroxylation is 1. The first-order valence-electron chi connectivity index (χ1n) is 9.92. The summed E-state index contributed by atoms with van der Waals surface area (Å²) in [4.78, 5) is 17.0. The third kappa shape index (κ3) is 4.54. The molecule has 2 heterocycles. The molecule has 1 aliphatic rings. The monoisotopic (exact) mass is 387 g/mol. The van der Waals surface area contributed by atoms with Crippen molar-refractivity contribution in [2.24, 2.45) is 0 Å². The number of nitrogens with one attached hydrogen (secondary N) is 1. The fraction of sp³-hybridized carbons (Fsp3) is 0.261. The maximum absolute atomic E-state index is 12.4. The topological polar surface area (TPSA) is 61.4 Å². The molecule has 1 amide bonds. The van der Waals surface area contributed by atoms with Gasteiger partial charge in [-0.05, 0) is 42.3 Å². The van der Waals surface area contributed by atoms with E-state index in [9.17, 15) is 4.79 Å². The van der Waals surface area contributed by atoms with Gasteiger partial charge in [0.05, 0.1) is 0 Å². The fourth-order valence-electron chi connectivity index (χ4n) is 3.52. The van der Waals surface area contributed by atoms with Crippen LogP contribution in [0.2, 0.25) is 0 Å². The number of benzene rings is 2. The molecule has 0 aliphatic carbocycles. The van der Waals surface area contributed by atoms with Crippen molar-refractivity contribution < 1.29 is 4.79 Å². The van der Waals surface area contributed by atoms with Crippen LogP contribution in [0.15, 0.2) is 66.7 Å². The maximum Gasteiger partial charge on any atom is 0.272 e. The lowest BCUT2D eigenvalue weighted by Gasteiger charge is -2.36.